The minimum absolute atomic E-state index is 0.0263. The van der Waals surface area contributed by atoms with Gasteiger partial charge in [-0.3, -0.25) is 21.1 Å². The van der Waals surface area contributed by atoms with Crippen molar-refractivity contribution in [1.29, 1.82) is 5.41 Å². The number of nitrogens with zero attached hydrogens (tertiary/aromatic N) is 1. The van der Waals surface area contributed by atoms with E-state index >= 15 is 0 Å². The van der Waals surface area contributed by atoms with Crippen molar-refractivity contribution >= 4 is 29.2 Å². The number of carbonyl (C=O) groups is 2. The molecule has 1 heterocycles. The molecule has 0 aliphatic rings. The number of pyridine rings is 1. The van der Waals surface area contributed by atoms with Gasteiger partial charge in [0.05, 0.1) is 12.2 Å². The topological polar surface area (TPSA) is 172 Å². The zero-order valence-electron chi connectivity index (χ0n) is 23.3. The number of amidine groups is 1. The molecule has 0 saturated heterocycles. The number of alkyl halides is 3. The van der Waals surface area contributed by atoms with E-state index in [9.17, 15) is 18.0 Å². The number of rotatable bonds is 11. The zero-order valence-corrected chi connectivity index (χ0v) is 23.3. The molecule has 14 heteroatoms. The number of carboxylic acids is 1. The Hall–Kier alpha value is -5.01. The van der Waals surface area contributed by atoms with Crippen LogP contribution >= 0.6 is 0 Å². The number of hydrogen-bond acceptors (Lipinski definition) is 8. The van der Waals surface area contributed by atoms with Gasteiger partial charge in [-0.15, -0.1) is 0 Å². The smallest absolute Gasteiger partial charge is 0.487 e. The molecule has 1 unspecified atom stereocenters. The fourth-order valence-electron chi connectivity index (χ4n) is 3.25. The van der Waals surface area contributed by atoms with Gasteiger partial charge in [-0.2, -0.15) is 13.2 Å². The standard InChI is InChI=1S/C26H32N6O3.C2HF3O2/c1-16(2)34-21-13-10-19(15-22(21)35-17(3)4)24(26(33)32-31-23-7-5-6-14-29-23)30-20-11-8-18(9-12-20)25(27)28;3-2(4,5)1(6)7/h5-17,24,30H,1-4H3,(H3,27,28)(H,29,31)(H,32,33);(H,6,7). The molecule has 0 radical (unpaired) electrons. The van der Waals surface area contributed by atoms with E-state index in [-0.39, 0.29) is 24.0 Å². The third-order valence-electron chi connectivity index (χ3n) is 5.02. The molecule has 1 aromatic heterocycles. The van der Waals surface area contributed by atoms with Gasteiger partial charge >= 0.3 is 12.1 Å². The molecule has 0 bridgehead atoms. The third kappa shape index (κ3) is 10.9. The lowest BCUT2D eigenvalue weighted by molar-refractivity contribution is -0.192. The van der Waals surface area contributed by atoms with Crippen LogP contribution in [0.4, 0.5) is 24.7 Å². The summed E-state index contributed by atoms with van der Waals surface area (Å²) >= 11 is 0. The van der Waals surface area contributed by atoms with E-state index in [0.29, 0.717) is 34.1 Å². The lowest BCUT2D eigenvalue weighted by Gasteiger charge is -2.23. The van der Waals surface area contributed by atoms with Crippen LogP contribution in [0, 0.1) is 5.41 Å². The first-order valence-corrected chi connectivity index (χ1v) is 12.6. The first-order chi connectivity index (χ1) is 19.7. The number of nitrogens with one attached hydrogen (secondary N) is 4. The fourth-order valence-corrected chi connectivity index (χ4v) is 3.25. The maximum absolute atomic E-state index is 13.3. The lowest BCUT2D eigenvalue weighted by atomic mass is 10.0. The normalized spacial score (nSPS) is 11.5. The third-order valence-corrected chi connectivity index (χ3v) is 5.02. The number of aromatic nitrogens is 1. The van der Waals surface area contributed by atoms with Crippen LogP contribution < -0.4 is 31.4 Å². The minimum atomic E-state index is -5.08. The van der Waals surface area contributed by atoms with Gasteiger partial charge in [0.25, 0.3) is 5.91 Å². The highest BCUT2D eigenvalue weighted by Gasteiger charge is 2.38. The summed E-state index contributed by atoms with van der Waals surface area (Å²) < 4.78 is 43.6. The highest BCUT2D eigenvalue weighted by atomic mass is 19.4. The van der Waals surface area contributed by atoms with Gasteiger partial charge in [-0.1, -0.05) is 12.1 Å². The quantitative estimate of drug-likeness (QED) is 0.104. The van der Waals surface area contributed by atoms with Crippen molar-refractivity contribution in [3.05, 3.63) is 78.0 Å². The van der Waals surface area contributed by atoms with Gasteiger partial charge < -0.3 is 25.6 Å². The van der Waals surface area contributed by atoms with Crippen molar-refractivity contribution in [3.8, 4) is 11.5 Å². The Morgan fingerprint density at radius 1 is 0.952 bits per heavy atom. The molecular formula is C28H33F3N6O5. The molecule has 0 spiro atoms. The fraction of sp³-hybridized carbons (Fsp3) is 0.286. The average molecular weight is 591 g/mol. The summed E-state index contributed by atoms with van der Waals surface area (Å²) in [4.78, 5) is 26.4. The molecule has 0 aliphatic carbocycles. The van der Waals surface area contributed by atoms with Crippen molar-refractivity contribution in [3.63, 3.8) is 0 Å². The Kier molecular flexibility index (Phi) is 11.9. The summed E-state index contributed by atoms with van der Waals surface area (Å²) in [7, 11) is 0. The van der Waals surface area contributed by atoms with Gasteiger partial charge in [0.15, 0.2) is 11.5 Å². The van der Waals surface area contributed by atoms with Crippen molar-refractivity contribution in [1.82, 2.24) is 10.4 Å². The molecule has 2 aromatic carbocycles. The molecule has 0 saturated carbocycles. The van der Waals surface area contributed by atoms with Crippen LogP contribution in [-0.4, -0.2) is 46.2 Å². The summed E-state index contributed by atoms with van der Waals surface area (Å²) in [5, 5.41) is 18.0. The SMILES string of the molecule is CC(C)Oc1ccc(C(Nc2ccc(C(=N)N)cc2)C(=O)NNc2ccccn2)cc1OC(C)C.O=C(O)C(F)(F)F. The number of nitrogen functional groups attached to an aromatic ring is 1. The van der Waals surface area contributed by atoms with Gasteiger partial charge in [-0.05, 0) is 81.8 Å². The summed E-state index contributed by atoms with van der Waals surface area (Å²) in [6.07, 6.45) is -3.57. The Morgan fingerprint density at radius 2 is 1.55 bits per heavy atom. The maximum atomic E-state index is 13.3. The second kappa shape index (κ2) is 15.1. The first-order valence-electron chi connectivity index (χ1n) is 12.6. The molecule has 0 fully saturated rings. The van der Waals surface area contributed by atoms with E-state index in [1.54, 1.807) is 54.7 Å². The van der Waals surface area contributed by atoms with Crippen LogP contribution in [0.2, 0.25) is 0 Å². The number of carbonyl (C=O) groups excluding carboxylic acids is 1. The zero-order chi connectivity index (χ0) is 31.4. The number of carboxylic acid groups (broad SMARTS) is 1. The number of hydrogen-bond donors (Lipinski definition) is 6. The maximum Gasteiger partial charge on any atom is 0.490 e. The summed E-state index contributed by atoms with van der Waals surface area (Å²) in [5.74, 6) is -1.45. The van der Waals surface area contributed by atoms with Gasteiger partial charge in [0, 0.05) is 17.4 Å². The van der Waals surface area contributed by atoms with Crippen LogP contribution in [-0.2, 0) is 9.59 Å². The molecule has 11 nitrogen and oxygen atoms in total. The van der Waals surface area contributed by atoms with Crippen molar-refractivity contribution in [2.24, 2.45) is 5.73 Å². The number of aliphatic carboxylic acids is 1. The number of benzene rings is 2. The van der Waals surface area contributed by atoms with Crippen molar-refractivity contribution < 1.29 is 37.3 Å². The van der Waals surface area contributed by atoms with Gasteiger partial charge in [-0.25, -0.2) is 9.78 Å². The van der Waals surface area contributed by atoms with Crippen LogP contribution in [0.15, 0.2) is 66.9 Å². The molecular weight excluding hydrogens is 557 g/mol. The van der Waals surface area contributed by atoms with Gasteiger partial charge in [0.1, 0.15) is 17.7 Å². The Balaban J connectivity index is 0.000000782. The molecule has 1 atom stereocenters. The molecule has 42 heavy (non-hydrogen) atoms. The summed E-state index contributed by atoms with van der Waals surface area (Å²) in [6.45, 7) is 7.75. The van der Waals surface area contributed by atoms with E-state index in [2.05, 4.69) is 21.2 Å². The van der Waals surface area contributed by atoms with Crippen molar-refractivity contribution in [2.45, 2.75) is 52.1 Å². The average Bonchev–Trinajstić information content (AvgIpc) is 2.91. The van der Waals surface area contributed by atoms with E-state index in [4.69, 9.17) is 30.5 Å². The second-order valence-electron chi connectivity index (χ2n) is 9.24. The predicted molar refractivity (Wildman–Crippen MR) is 151 cm³/mol. The largest absolute Gasteiger partial charge is 0.490 e. The number of amides is 1. The molecule has 1 amide bonds. The van der Waals surface area contributed by atoms with Gasteiger partial charge in [0.2, 0.25) is 0 Å². The predicted octanol–water partition coefficient (Wildman–Crippen LogP) is 4.87. The Morgan fingerprint density at radius 3 is 2.05 bits per heavy atom. The monoisotopic (exact) mass is 590 g/mol. The van der Waals surface area contributed by atoms with Crippen LogP contribution in [0.3, 0.4) is 0 Å². The highest BCUT2D eigenvalue weighted by Crippen LogP contribution is 2.33. The number of ether oxygens (including phenoxy) is 2. The molecule has 226 valence electrons. The minimum Gasteiger partial charge on any atom is -0.487 e. The van der Waals surface area contributed by atoms with Crippen LogP contribution in [0.5, 0.6) is 11.5 Å². The molecule has 7 N–H and O–H groups in total. The Labute approximate surface area is 240 Å². The van der Waals surface area contributed by atoms with E-state index in [1.165, 1.54) is 0 Å². The molecule has 3 rings (SSSR count). The number of hydrazine groups is 1. The van der Waals surface area contributed by atoms with E-state index in [1.807, 2.05) is 39.8 Å². The summed E-state index contributed by atoms with van der Waals surface area (Å²) in [5.41, 5.74) is 13.1. The van der Waals surface area contributed by atoms with Crippen LogP contribution in [0.1, 0.15) is 44.9 Å². The second-order valence-corrected chi connectivity index (χ2v) is 9.24. The Bertz CT molecular complexity index is 1340. The van der Waals surface area contributed by atoms with E-state index in [0.717, 1.165) is 0 Å². The van der Waals surface area contributed by atoms with E-state index < -0.39 is 18.2 Å². The number of nitrogens with two attached hydrogens (primary N) is 1. The summed E-state index contributed by atoms with van der Waals surface area (Å²) in [6, 6.07) is 17.0. The van der Waals surface area contributed by atoms with Crippen LogP contribution in [0.25, 0.3) is 0 Å². The molecule has 3 aromatic rings. The number of anilines is 2. The highest BCUT2D eigenvalue weighted by molar-refractivity contribution is 5.95. The molecule has 0 aliphatic heterocycles. The lowest BCUT2D eigenvalue weighted by Crippen LogP contribution is -2.37. The number of halogens is 3. The first kappa shape index (κ1) is 33.2. The van der Waals surface area contributed by atoms with Crippen molar-refractivity contribution in [2.75, 3.05) is 10.7 Å².